The van der Waals surface area contributed by atoms with E-state index < -0.39 is 45.9 Å². The summed E-state index contributed by atoms with van der Waals surface area (Å²) >= 11 is 10.3. The number of carbonyl (C=O) groups excluding carboxylic acids is 1. The Morgan fingerprint density at radius 3 is 2.00 bits per heavy atom. The first kappa shape index (κ1) is 24.9. The lowest BCUT2D eigenvalue weighted by Gasteiger charge is -2.19. The van der Waals surface area contributed by atoms with Crippen LogP contribution >= 0.6 is 23.2 Å². The Morgan fingerprint density at radius 2 is 1.52 bits per heavy atom. The number of hydrogen-bond acceptors (Lipinski definition) is 4. The lowest BCUT2D eigenvalue weighted by Crippen LogP contribution is -2.40. The SMILES string of the molecule is N#CC(OC(=O)C1C(Cl)(C(F)(F)F)C1(Cl)C(F)(F)F)c1cccc(Oc2ccc(F)cc2)c1. The molecule has 0 heterocycles. The molecule has 0 spiro atoms. The average Bonchev–Trinajstić information content (AvgIpc) is 3.27. The molecule has 0 amide bonds. The van der Waals surface area contributed by atoms with Crippen LogP contribution in [0, 0.1) is 23.1 Å². The number of rotatable bonds is 5. The Hall–Kier alpha value is -2.71. The third kappa shape index (κ3) is 4.17. The molecule has 2 aromatic rings. The van der Waals surface area contributed by atoms with E-state index in [-0.39, 0.29) is 17.1 Å². The maximum Gasteiger partial charge on any atom is 0.410 e. The van der Waals surface area contributed by atoms with Crippen molar-refractivity contribution in [1.29, 1.82) is 5.26 Å². The van der Waals surface area contributed by atoms with E-state index in [4.69, 9.17) is 27.9 Å². The van der Waals surface area contributed by atoms with E-state index in [2.05, 4.69) is 4.74 Å². The molecule has 0 N–H and O–H groups in total. The number of esters is 1. The second kappa shape index (κ2) is 8.25. The molecular weight excluding hydrogens is 506 g/mol. The van der Waals surface area contributed by atoms with Crippen molar-refractivity contribution in [2.75, 3.05) is 0 Å². The van der Waals surface area contributed by atoms with Gasteiger partial charge in [-0.2, -0.15) is 31.6 Å². The Morgan fingerprint density at radius 1 is 0.970 bits per heavy atom. The van der Waals surface area contributed by atoms with Gasteiger partial charge in [0.1, 0.15) is 29.3 Å². The highest BCUT2D eigenvalue weighted by Crippen LogP contribution is 2.75. The number of benzene rings is 2. The Bertz CT molecular complexity index is 1070. The van der Waals surface area contributed by atoms with Gasteiger partial charge in [-0.1, -0.05) is 12.1 Å². The summed E-state index contributed by atoms with van der Waals surface area (Å²) in [5, 5.41) is 9.30. The molecule has 1 aliphatic carbocycles. The number of halogens is 9. The fourth-order valence-electron chi connectivity index (χ4n) is 3.20. The summed E-state index contributed by atoms with van der Waals surface area (Å²) in [5.41, 5.74) is -0.120. The molecule has 3 rings (SSSR count). The topological polar surface area (TPSA) is 59.3 Å². The third-order valence-corrected chi connectivity index (χ3v) is 6.42. The standard InChI is InChI=1S/C20H10Cl2F7NO3/c21-17(19(24,25)26)15(18(17,22)20(27,28)29)16(31)33-14(9-30)10-2-1-3-13(8-10)32-12-6-4-11(23)5-7-12/h1-8,14-15H. The van der Waals surface area contributed by atoms with Crippen molar-refractivity contribution in [3.8, 4) is 17.6 Å². The summed E-state index contributed by atoms with van der Waals surface area (Å²) in [6.07, 6.45) is -13.3. The van der Waals surface area contributed by atoms with Gasteiger partial charge in [-0.15, -0.1) is 23.2 Å². The summed E-state index contributed by atoms with van der Waals surface area (Å²) in [4.78, 5) is 3.95. The van der Waals surface area contributed by atoms with Gasteiger partial charge in [0.15, 0.2) is 9.75 Å². The minimum absolute atomic E-state index is 0.0609. The molecule has 3 unspecified atom stereocenters. The summed E-state index contributed by atoms with van der Waals surface area (Å²) < 4.78 is 103. The maximum atomic E-state index is 13.3. The molecule has 3 atom stereocenters. The van der Waals surface area contributed by atoms with Crippen molar-refractivity contribution in [1.82, 2.24) is 0 Å². The van der Waals surface area contributed by atoms with Crippen LogP contribution in [0.2, 0.25) is 0 Å². The second-order valence-electron chi connectivity index (χ2n) is 6.93. The fraction of sp³-hybridized carbons (Fsp3) is 0.300. The van der Waals surface area contributed by atoms with Crippen LogP contribution in [0.4, 0.5) is 30.7 Å². The van der Waals surface area contributed by atoms with Crippen LogP contribution in [-0.4, -0.2) is 28.1 Å². The van der Waals surface area contributed by atoms with E-state index in [1.807, 2.05) is 0 Å². The van der Waals surface area contributed by atoms with Gasteiger partial charge in [-0.25, -0.2) is 4.39 Å². The van der Waals surface area contributed by atoms with Gasteiger partial charge in [-0.05, 0) is 36.4 Å². The molecule has 0 bridgehead atoms. The molecule has 0 aromatic heterocycles. The van der Waals surface area contributed by atoms with Crippen molar-refractivity contribution in [3.63, 3.8) is 0 Å². The van der Waals surface area contributed by atoms with E-state index in [1.165, 1.54) is 36.4 Å². The number of hydrogen-bond donors (Lipinski definition) is 0. The molecule has 33 heavy (non-hydrogen) atoms. The van der Waals surface area contributed by atoms with Crippen molar-refractivity contribution >= 4 is 29.2 Å². The molecule has 2 aromatic carbocycles. The predicted molar refractivity (Wildman–Crippen MR) is 100 cm³/mol. The molecule has 0 aliphatic heterocycles. The summed E-state index contributed by atoms with van der Waals surface area (Å²) in [5.74, 6) is -5.37. The number of nitriles is 1. The maximum absolute atomic E-state index is 13.3. The van der Waals surface area contributed by atoms with Gasteiger partial charge in [-0.3, -0.25) is 4.79 Å². The van der Waals surface area contributed by atoms with Crippen molar-refractivity contribution in [2.45, 2.75) is 28.2 Å². The lowest BCUT2D eigenvalue weighted by atomic mass is 10.1. The summed E-state index contributed by atoms with van der Waals surface area (Å²) in [6, 6.07) is 11.3. The highest BCUT2D eigenvalue weighted by atomic mass is 35.5. The van der Waals surface area contributed by atoms with Crippen LogP contribution in [0.3, 0.4) is 0 Å². The first-order chi connectivity index (χ1) is 15.2. The molecule has 176 valence electrons. The van der Waals surface area contributed by atoms with Crippen LogP contribution in [0.15, 0.2) is 48.5 Å². The first-order valence-electron chi connectivity index (χ1n) is 8.81. The smallest absolute Gasteiger partial charge is 0.410 e. The number of ether oxygens (including phenoxy) is 2. The normalized spacial score (nSPS) is 25.6. The van der Waals surface area contributed by atoms with E-state index in [9.17, 15) is 40.8 Å². The van der Waals surface area contributed by atoms with Gasteiger partial charge in [0.25, 0.3) is 0 Å². The zero-order chi connectivity index (χ0) is 24.8. The Kier molecular flexibility index (Phi) is 6.23. The lowest BCUT2D eigenvalue weighted by molar-refractivity contribution is -0.176. The van der Waals surface area contributed by atoms with Gasteiger partial charge < -0.3 is 9.47 Å². The van der Waals surface area contributed by atoms with Gasteiger partial charge in [0, 0.05) is 5.56 Å². The van der Waals surface area contributed by atoms with Crippen LogP contribution in [0.1, 0.15) is 11.7 Å². The second-order valence-corrected chi connectivity index (χ2v) is 8.12. The van der Waals surface area contributed by atoms with E-state index >= 15 is 0 Å². The van der Waals surface area contributed by atoms with Gasteiger partial charge in [0.05, 0.1) is 0 Å². The van der Waals surface area contributed by atoms with E-state index in [0.29, 0.717) is 0 Å². The van der Waals surface area contributed by atoms with Crippen LogP contribution < -0.4 is 4.74 Å². The molecule has 4 nitrogen and oxygen atoms in total. The Labute approximate surface area is 191 Å². The molecule has 1 saturated carbocycles. The largest absolute Gasteiger partial charge is 0.457 e. The zero-order valence-electron chi connectivity index (χ0n) is 15.8. The molecule has 13 heteroatoms. The minimum Gasteiger partial charge on any atom is -0.457 e. The minimum atomic E-state index is -5.71. The van der Waals surface area contributed by atoms with Crippen LogP contribution in [-0.2, 0) is 9.53 Å². The fourth-order valence-corrected chi connectivity index (χ4v) is 4.09. The molecule has 0 radical (unpaired) electrons. The van der Waals surface area contributed by atoms with Crippen LogP contribution in [0.25, 0.3) is 0 Å². The molecule has 1 aliphatic rings. The highest BCUT2D eigenvalue weighted by Gasteiger charge is 2.98. The molecule has 0 saturated heterocycles. The van der Waals surface area contributed by atoms with Crippen molar-refractivity contribution in [2.24, 2.45) is 5.92 Å². The number of carbonyl (C=O) groups is 1. The van der Waals surface area contributed by atoms with E-state index in [1.54, 1.807) is 0 Å². The van der Waals surface area contributed by atoms with Crippen molar-refractivity contribution < 1.29 is 45.0 Å². The first-order valence-corrected chi connectivity index (χ1v) is 9.57. The quantitative estimate of drug-likeness (QED) is 0.261. The monoisotopic (exact) mass is 515 g/mol. The van der Waals surface area contributed by atoms with Gasteiger partial charge >= 0.3 is 18.3 Å². The van der Waals surface area contributed by atoms with Crippen LogP contribution in [0.5, 0.6) is 11.5 Å². The summed E-state index contributed by atoms with van der Waals surface area (Å²) in [7, 11) is 0. The third-order valence-electron chi connectivity index (χ3n) is 4.86. The van der Waals surface area contributed by atoms with Gasteiger partial charge in [0.2, 0.25) is 6.10 Å². The number of nitrogens with zero attached hydrogens (tertiary/aromatic N) is 1. The summed E-state index contributed by atoms with van der Waals surface area (Å²) in [6.45, 7) is 0. The highest BCUT2D eigenvalue weighted by molar-refractivity contribution is 6.43. The number of alkyl halides is 8. The van der Waals surface area contributed by atoms with Crippen molar-refractivity contribution in [3.05, 3.63) is 59.9 Å². The molecular formula is C20H10Cl2F7NO3. The Balaban J connectivity index is 1.83. The zero-order valence-corrected chi connectivity index (χ0v) is 17.4. The molecule has 1 fully saturated rings. The average molecular weight is 516 g/mol. The predicted octanol–water partition coefficient (Wildman–Crippen LogP) is 6.44. The van der Waals surface area contributed by atoms with E-state index in [0.717, 1.165) is 18.2 Å².